The summed E-state index contributed by atoms with van der Waals surface area (Å²) in [5, 5.41) is 20.1. The van der Waals surface area contributed by atoms with Gasteiger partial charge >= 0.3 is 0 Å². The van der Waals surface area contributed by atoms with Crippen LogP contribution in [0.4, 0.5) is 4.39 Å². The van der Waals surface area contributed by atoms with E-state index >= 15 is 4.39 Å². The molecule has 0 aromatic heterocycles. The molecule has 2 aromatic rings. The van der Waals surface area contributed by atoms with Gasteiger partial charge < -0.3 is 19.7 Å². The first-order chi connectivity index (χ1) is 17.8. The summed E-state index contributed by atoms with van der Waals surface area (Å²) in [6.07, 6.45) is 0. The largest absolute Gasteiger partial charge is 0.490 e. The van der Waals surface area contributed by atoms with E-state index in [1.807, 2.05) is 40.7 Å². The molecule has 0 radical (unpaired) electrons. The van der Waals surface area contributed by atoms with Gasteiger partial charge in [-0.3, -0.25) is 15.0 Å². The van der Waals surface area contributed by atoms with Crippen LogP contribution in [0.1, 0.15) is 85.9 Å². The number of hydrogen-bond donors (Lipinski definition) is 2. The minimum atomic E-state index is -0.895. The van der Waals surface area contributed by atoms with Gasteiger partial charge in [0, 0.05) is 11.1 Å². The fourth-order valence-electron chi connectivity index (χ4n) is 4.51. The van der Waals surface area contributed by atoms with Crippen molar-refractivity contribution in [3.8, 4) is 17.6 Å². The highest BCUT2D eigenvalue weighted by Gasteiger charge is 2.45. The zero-order valence-corrected chi connectivity index (χ0v) is 23.0. The maximum atomic E-state index is 15.7. The molecule has 2 aromatic carbocycles. The number of ether oxygens (including phenoxy) is 2. The van der Waals surface area contributed by atoms with Gasteiger partial charge in [-0.25, -0.2) is 4.39 Å². The van der Waals surface area contributed by atoms with Crippen molar-refractivity contribution >= 4 is 17.5 Å². The molecule has 1 amide bonds. The van der Waals surface area contributed by atoms with Crippen molar-refractivity contribution in [1.29, 1.82) is 10.7 Å². The monoisotopic (exact) mass is 522 g/mol. The second-order valence-electron chi connectivity index (χ2n) is 10.6. The molecule has 0 aliphatic carbocycles. The van der Waals surface area contributed by atoms with Gasteiger partial charge in [0.05, 0.1) is 36.9 Å². The number of nitriles is 1. The van der Waals surface area contributed by atoms with Crippen LogP contribution < -0.4 is 14.8 Å². The van der Waals surface area contributed by atoms with Crippen LogP contribution >= 0.6 is 0 Å². The van der Waals surface area contributed by atoms with E-state index in [2.05, 4.69) is 5.32 Å². The number of amidine groups is 1. The summed E-state index contributed by atoms with van der Waals surface area (Å²) >= 11 is 0. The Kier molecular flexibility index (Phi) is 8.15. The molecule has 1 aliphatic rings. The van der Waals surface area contributed by atoms with Gasteiger partial charge in [-0.1, -0.05) is 20.8 Å². The molecular formula is C29H35FN4O4. The lowest BCUT2D eigenvalue weighted by Crippen LogP contribution is -2.42. The lowest BCUT2D eigenvalue weighted by molar-refractivity contribution is 0.0920. The van der Waals surface area contributed by atoms with Crippen LogP contribution in [0.5, 0.6) is 11.5 Å². The first-order valence-electron chi connectivity index (χ1n) is 12.6. The van der Waals surface area contributed by atoms with Crippen LogP contribution in [0.25, 0.3) is 0 Å². The van der Waals surface area contributed by atoms with Gasteiger partial charge in [0.25, 0.3) is 5.91 Å². The third-order valence-electron chi connectivity index (χ3n) is 6.63. The predicted octanol–water partition coefficient (Wildman–Crippen LogP) is 4.93. The molecule has 3 rings (SSSR count). The Balaban J connectivity index is 2.03. The van der Waals surface area contributed by atoms with E-state index in [-0.39, 0.29) is 59.4 Å². The van der Waals surface area contributed by atoms with E-state index in [9.17, 15) is 9.59 Å². The van der Waals surface area contributed by atoms with E-state index in [1.54, 1.807) is 36.9 Å². The quantitative estimate of drug-likeness (QED) is 0.356. The molecule has 0 atom stereocenters. The van der Waals surface area contributed by atoms with Crippen molar-refractivity contribution in [1.82, 2.24) is 10.2 Å². The molecular weight excluding hydrogens is 487 g/mol. The summed E-state index contributed by atoms with van der Waals surface area (Å²) in [5.74, 6) is -1.39. The third kappa shape index (κ3) is 5.35. The number of ketones is 1. The summed E-state index contributed by atoms with van der Waals surface area (Å²) in [6.45, 7) is 13.3. The number of carbonyl (C=O) groups is 2. The summed E-state index contributed by atoms with van der Waals surface area (Å²) < 4.78 is 26.8. The number of nitrogens with one attached hydrogen (secondary N) is 2. The number of rotatable bonds is 9. The fourth-order valence-corrected chi connectivity index (χ4v) is 4.51. The van der Waals surface area contributed by atoms with E-state index in [0.29, 0.717) is 17.7 Å². The molecule has 38 heavy (non-hydrogen) atoms. The number of amides is 1. The zero-order valence-electron chi connectivity index (χ0n) is 23.0. The Hall–Kier alpha value is -3.93. The minimum absolute atomic E-state index is 0.0484. The van der Waals surface area contributed by atoms with Crippen molar-refractivity contribution in [3.63, 3.8) is 0 Å². The predicted molar refractivity (Wildman–Crippen MR) is 143 cm³/mol. The van der Waals surface area contributed by atoms with Crippen LogP contribution in [0.2, 0.25) is 0 Å². The molecule has 0 spiro atoms. The highest BCUT2D eigenvalue weighted by Crippen LogP contribution is 2.46. The van der Waals surface area contributed by atoms with Crippen LogP contribution in [0.3, 0.4) is 0 Å². The van der Waals surface area contributed by atoms with Gasteiger partial charge in [-0.2, -0.15) is 5.26 Å². The van der Waals surface area contributed by atoms with Crippen molar-refractivity contribution in [3.05, 3.63) is 57.9 Å². The van der Waals surface area contributed by atoms with Crippen molar-refractivity contribution < 1.29 is 23.5 Å². The SMILES string of the molecule is CCOc1cc2c(c(F)c1OCC)C(=N)N(CC(=O)c1cc(C(=O)NCC#N)cc(C(C)(C)C)c1)C2(C)C. The molecule has 2 N–H and O–H groups in total. The number of benzene rings is 2. The van der Waals surface area contributed by atoms with Gasteiger partial charge in [-0.05, 0) is 68.5 Å². The maximum Gasteiger partial charge on any atom is 0.252 e. The highest BCUT2D eigenvalue weighted by atomic mass is 19.1. The standard InChI is InChI=1S/C29H35FN4O4/c1-8-37-22-15-20-23(24(30)25(22)38-9-2)26(32)34(29(20,6)7)16-21(35)17-12-18(27(36)33-11-10-31)14-19(13-17)28(3,4)5/h12-15,32H,8-9,11,16H2,1-7H3,(H,33,36). The molecule has 1 heterocycles. The molecule has 0 bridgehead atoms. The van der Waals surface area contributed by atoms with Crippen LogP contribution in [0.15, 0.2) is 24.3 Å². The van der Waals surface area contributed by atoms with Crippen molar-refractivity contribution in [2.75, 3.05) is 26.3 Å². The number of hydrogen-bond acceptors (Lipinski definition) is 6. The summed E-state index contributed by atoms with van der Waals surface area (Å²) in [6, 6.07) is 8.50. The van der Waals surface area contributed by atoms with Gasteiger partial charge in [0.1, 0.15) is 12.4 Å². The van der Waals surface area contributed by atoms with E-state index < -0.39 is 17.3 Å². The van der Waals surface area contributed by atoms with E-state index in [0.717, 1.165) is 5.56 Å². The minimum Gasteiger partial charge on any atom is -0.490 e. The average Bonchev–Trinajstić information content (AvgIpc) is 3.04. The van der Waals surface area contributed by atoms with E-state index in [4.69, 9.17) is 20.1 Å². The van der Waals surface area contributed by atoms with Crippen LogP contribution in [-0.2, 0) is 11.0 Å². The summed E-state index contributed by atoms with van der Waals surface area (Å²) in [5.41, 5.74) is 0.695. The molecule has 9 heteroatoms. The van der Waals surface area contributed by atoms with Crippen molar-refractivity contribution in [2.24, 2.45) is 0 Å². The Morgan fingerprint density at radius 3 is 2.32 bits per heavy atom. The summed E-state index contributed by atoms with van der Waals surface area (Å²) in [7, 11) is 0. The third-order valence-corrected chi connectivity index (χ3v) is 6.63. The number of halogens is 1. The van der Waals surface area contributed by atoms with Gasteiger partial charge in [0.2, 0.25) is 0 Å². The zero-order chi connectivity index (χ0) is 28.4. The number of fused-ring (bicyclic) bond motifs is 1. The van der Waals surface area contributed by atoms with Gasteiger partial charge in [0.15, 0.2) is 23.1 Å². The van der Waals surface area contributed by atoms with Crippen molar-refractivity contribution in [2.45, 2.75) is 59.4 Å². The van der Waals surface area contributed by atoms with Gasteiger partial charge in [-0.15, -0.1) is 0 Å². The molecule has 0 unspecified atom stereocenters. The highest BCUT2D eigenvalue weighted by molar-refractivity contribution is 6.07. The first kappa shape index (κ1) is 28.6. The van der Waals surface area contributed by atoms with Crippen LogP contribution in [-0.4, -0.2) is 48.7 Å². The average molecular weight is 523 g/mol. The van der Waals surface area contributed by atoms with E-state index in [1.165, 1.54) is 6.07 Å². The molecule has 0 saturated heterocycles. The normalized spacial score (nSPS) is 14.1. The summed E-state index contributed by atoms with van der Waals surface area (Å²) in [4.78, 5) is 27.8. The first-order valence-corrected chi connectivity index (χ1v) is 12.6. The second-order valence-corrected chi connectivity index (χ2v) is 10.6. The maximum absolute atomic E-state index is 15.7. The molecule has 0 fully saturated rings. The Morgan fingerprint density at radius 1 is 1.11 bits per heavy atom. The molecule has 1 aliphatic heterocycles. The second kappa shape index (κ2) is 10.8. The molecule has 202 valence electrons. The molecule has 0 saturated carbocycles. The topological polar surface area (TPSA) is 116 Å². The number of nitrogens with zero attached hydrogens (tertiary/aromatic N) is 2. The smallest absolute Gasteiger partial charge is 0.252 e. The number of carbonyl (C=O) groups excluding carboxylic acids is 2. The Labute approximate surface area is 223 Å². The fraction of sp³-hybridized carbons (Fsp3) is 0.448. The Morgan fingerprint density at radius 2 is 1.74 bits per heavy atom. The Bertz CT molecular complexity index is 1320. The lowest BCUT2D eigenvalue weighted by Gasteiger charge is -2.33. The number of Topliss-reactive ketones (excluding diaryl/α,β-unsaturated/α-hetero) is 1. The van der Waals surface area contributed by atoms with Crippen LogP contribution in [0, 0.1) is 22.6 Å². The lowest BCUT2D eigenvalue weighted by atomic mass is 9.84. The molecule has 8 nitrogen and oxygen atoms in total.